The molecule has 0 saturated heterocycles. The van der Waals surface area contributed by atoms with Gasteiger partial charge in [0.05, 0.1) is 5.56 Å². The van der Waals surface area contributed by atoms with Gasteiger partial charge in [-0.25, -0.2) is 4.79 Å². The molecule has 2 aromatic rings. The molecule has 0 saturated carbocycles. The van der Waals surface area contributed by atoms with Crippen molar-refractivity contribution in [1.29, 1.82) is 0 Å². The molecule has 0 fully saturated rings. The molecule has 0 aliphatic heterocycles. The highest BCUT2D eigenvalue weighted by Crippen LogP contribution is 1.96. The average Bonchev–Trinajstić information content (AvgIpc) is 2.71. The first-order valence-corrected chi connectivity index (χ1v) is 4.20. The molecular weight excluding hydrogens is 196 g/mol. The lowest BCUT2D eigenvalue weighted by molar-refractivity contribution is 0.0697. The molecule has 1 aromatic heterocycles. The number of hydrogen-bond donors (Lipinski definition) is 3. The highest BCUT2D eigenvalue weighted by atomic mass is 16.4. The summed E-state index contributed by atoms with van der Waals surface area (Å²) in [6.07, 6.45) is 1.54. The van der Waals surface area contributed by atoms with Crippen LogP contribution in [0, 0.1) is 0 Å². The largest absolute Gasteiger partial charge is 0.478 e. The SMILES string of the molecule is O=C(O)c1ccccc1.O=c1cc[nH][nH]1. The molecule has 0 bridgehead atoms. The van der Waals surface area contributed by atoms with Crippen molar-refractivity contribution >= 4 is 5.97 Å². The zero-order valence-electron chi connectivity index (χ0n) is 7.81. The second kappa shape index (κ2) is 5.43. The van der Waals surface area contributed by atoms with Crippen LogP contribution in [0.15, 0.2) is 47.4 Å². The summed E-state index contributed by atoms with van der Waals surface area (Å²) >= 11 is 0. The summed E-state index contributed by atoms with van der Waals surface area (Å²) in [4.78, 5) is 20.2. The maximum atomic E-state index is 10.2. The third-order valence-electron chi connectivity index (χ3n) is 1.53. The van der Waals surface area contributed by atoms with Gasteiger partial charge in [-0.1, -0.05) is 18.2 Å². The monoisotopic (exact) mass is 206 g/mol. The van der Waals surface area contributed by atoms with Crippen LogP contribution in [0.2, 0.25) is 0 Å². The fraction of sp³-hybridized carbons (Fsp3) is 0. The number of rotatable bonds is 1. The van der Waals surface area contributed by atoms with E-state index in [-0.39, 0.29) is 5.56 Å². The first kappa shape index (κ1) is 10.8. The number of aromatic amines is 2. The third-order valence-corrected chi connectivity index (χ3v) is 1.53. The second-order valence-corrected chi connectivity index (χ2v) is 2.64. The van der Waals surface area contributed by atoms with Gasteiger partial charge in [-0.05, 0) is 12.1 Å². The standard InChI is InChI=1S/C7H6O2.C3H4N2O/c8-7(9)6-4-2-1-3-5-6;6-3-1-2-4-5-3/h1-5H,(H,8,9);1-2H,(H2,4,5,6). The van der Waals surface area contributed by atoms with Gasteiger partial charge < -0.3 is 10.2 Å². The van der Waals surface area contributed by atoms with Crippen LogP contribution in [-0.2, 0) is 0 Å². The van der Waals surface area contributed by atoms with Crippen molar-refractivity contribution in [1.82, 2.24) is 10.2 Å². The quantitative estimate of drug-likeness (QED) is 0.652. The predicted molar refractivity (Wildman–Crippen MR) is 54.8 cm³/mol. The fourth-order valence-corrected chi connectivity index (χ4v) is 0.853. The summed E-state index contributed by atoms with van der Waals surface area (Å²) in [5.41, 5.74) is 0.243. The van der Waals surface area contributed by atoms with Gasteiger partial charge in [-0.2, -0.15) is 0 Å². The van der Waals surface area contributed by atoms with E-state index in [1.54, 1.807) is 36.5 Å². The number of aromatic nitrogens is 2. The zero-order chi connectivity index (χ0) is 11.1. The molecule has 0 aliphatic rings. The van der Waals surface area contributed by atoms with Crippen LogP contribution >= 0.6 is 0 Å². The summed E-state index contributed by atoms with van der Waals surface area (Å²) in [6.45, 7) is 0. The van der Waals surface area contributed by atoms with Crippen LogP contribution in [0.5, 0.6) is 0 Å². The van der Waals surface area contributed by atoms with E-state index < -0.39 is 5.97 Å². The Morgan fingerprint density at radius 3 is 2.07 bits per heavy atom. The van der Waals surface area contributed by atoms with Crippen LogP contribution in [0.4, 0.5) is 0 Å². The van der Waals surface area contributed by atoms with Gasteiger partial charge in [0.1, 0.15) is 0 Å². The molecule has 2 rings (SSSR count). The number of nitrogens with one attached hydrogen (secondary N) is 2. The summed E-state index contributed by atoms with van der Waals surface area (Å²) in [6, 6.07) is 9.71. The Morgan fingerprint density at radius 1 is 1.13 bits per heavy atom. The number of aromatic carboxylic acids is 1. The van der Waals surface area contributed by atoms with Crippen molar-refractivity contribution in [3.8, 4) is 0 Å². The van der Waals surface area contributed by atoms with Gasteiger partial charge in [-0.15, -0.1) is 0 Å². The minimum absolute atomic E-state index is 0.0880. The van der Waals surface area contributed by atoms with Crippen molar-refractivity contribution < 1.29 is 9.90 Å². The van der Waals surface area contributed by atoms with Crippen molar-refractivity contribution in [3.63, 3.8) is 0 Å². The minimum atomic E-state index is -0.879. The Morgan fingerprint density at radius 2 is 1.80 bits per heavy atom. The van der Waals surface area contributed by atoms with Crippen LogP contribution in [0.25, 0.3) is 0 Å². The lowest BCUT2D eigenvalue weighted by atomic mass is 10.2. The Labute approximate surface area is 85.4 Å². The number of carbonyl (C=O) groups is 1. The van der Waals surface area contributed by atoms with E-state index in [4.69, 9.17) is 5.11 Å². The van der Waals surface area contributed by atoms with Gasteiger partial charge in [0.25, 0.3) is 5.56 Å². The van der Waals surface area contributed by atoms with E-state index in [1.165, 1.54) is 6.07 Å². The Kier molecular flexibility index (Phi) is 3.91. The normalized spacial score (nSPS) is 8.80. The van der Waals surface area contributed by atoms with Crippen molar-refractivity contribution in [2.24, 2.45) is 0 Å². The summed E-state index contributed by atoms with van der Waals surface area (Å²) in [5.74, 6) is -0.879. The Balaban J connectivity index is 0.000000162. The summed E-state index contributed by atoms with van der Waals surface area (Å²) < 4.78 is 0. The van der Waals surface area contributed by atoms with Crippen LogP contribution in [-0.4, -0.2) is 21.3 Å². The Hall–Kier alpha value is -2.30. The molecule has 78 valence electrons. The van der Waals surface area contributed by atoms with Crippen molar-refractivity contribution in [3.05, 3.63) is 58.5 Å². The third kappa shape index (κ3) is 3.95. The molecule has 1 heterocycles. The number of benzene rings is 1. The number of carboxylic acid groups (broad SMARTS) is 1. The van der Waals surface area contributed by atoms with Crippen molar-refractivity contribution in [2.75, 3.05) is 0 Å². The van der Waals surface area contributed by atoms with E-state index in [1.807, 2.05) is 0 Å². The summed E-state index contributed by atoms with van der Waals surface area (Å²) in [5, 5.41) is 13.2. The molecule has 15 heavy (non-hydrogen) atoms. The molecule has 1 aromatic carbocycles. The molecular formula is C10H10N2O3. The van der Waals surface area contributed by atoms with Crippen LogP contribution in [0.1, 0.15) is 10.4 Å². The molecule has 5 nitrogen and oxygen atoms in total. The van der Waals surface area contributed by atoms with E-state index in [0.29, 0.717) is 5.56 Å². The summed E-state index contributed by atoms with van der Waals surface area (Å²) in [7, 11) is 0. The molecule has 0 aliphatic carbocycles. The van der Waals surface area contributed by atoms with Crippen molar-refractivity contribution in [2.45, 2.75) is 0 Å². The smallest absolute Gasteiger partial charge is 0.335 e. The molecule has 0 amide bonds. The zero-order valence-corrected chi connectivity index (χ0v) is 7.81. The Bertz CT molecular complexity index is 442. The lowest BCUT2D eigenvalue weighted by Crippen LogP contribution is -1.93. The average molecular weight is 206 g/mol. The molecule has 0 spiro atoms. The van der Waals surface area contributed by atoms with Gasteiger partial charge in [0, 0.05) is 12.3 Å². The van der Waals surface area contributed by atoms with E-state index >= 15 is 0 Å². The van der Waals surface area contributed by atoms with Crippen LogP contribution < -0.4 is 5.56 Å². The number of hydrogen-bond acceptors (Lipinski definition) is 2. The van der Waals surface area contributed by atoms with E-state index in [2.05, 4.69) is 10.2 Å². The van der Waals surface area contributed by atoms with Gasteiger partial charge in [0.15, 0.2) is 0 Å². The number of carboxylic acids is 1. The van der Waals surface area contributed by atoms with Gasteiger partial charge >= 0.3 is 5.97 Å². The molecule has 0 atom stereocenters. The lowest BCUT2D eigenvalue weighted by Gasteiger charge is -1.88. The predicted octanol–water partition coefficient (Wildman–Crippen LogP) is 1.09. The maximum absolute atomic E-state index is 10.2. The van der Waals surface area contributed by atoms with Crippen LogP contribution in [0.3, 0.4) is 0 Å². The minimum Gasteiger partial charge on any atom is -0.478 e. The molecule has 3 N–H and O–H groups in total. The molecule has 5 heteroatoms. The highest BCUT2D eigenvalue weighted by molar-refractivity contribution is 5.87. The molecule has 0 unspecified atom stereocenters. The van der Waals surface area contributed by atoms with Gasteiger partial charge in [-0.3, -0.25) is 9.89 Å². The number of H-pyrrole nitrogens is 2. The maximum Gasteiger partial charge on any atom is 0.335 e. The first-order chi connectivity index (χ1) is 7.20. The van der Waals surface area contributed by atoms with Gasteiger partial charge in [0.2, 0.25) is 0 Å². The second-order valence-electron chi connectivity index (χ2n) is 2.64. The topological polar surface area (TPSA) is 85.9 Å². The molecule has 0 radical (unpaired) electrons. The fourth-order valence-electron chi connectivity index (χ4n) is 0.853. The van der Waals surface area contributed by atoms with E-state index in [0.717, 1.165) is 0 Å². The first-order valence-electron chi connectivity index (χ1n) is 4.20. The van der Waals surface area contributed by atoms with E-state index in [9.17, 15) is 9.59 Å². The highest BCUT2D eigenvalue weighted by Gasteiger charge is 1.96.